The first-order valence-electron chi connectivity index (χ1n) is 8.87. The average molecular weight is 363 g/mol. The predicted octanol–water partition coefficient (Wildman–Crippen LogP) is 3.47. The molecule has 0 unspecified atom stereocenters. The molecule has 0 spiro atoms. The largest absolute Gasteiger partial charge is 0.334 e. The van der Waals surface area contributed by atoms with Crippen molar-refractivity contribution in [2.24, 2.45) is 7.05 Å². The lowest BCUT2D eigenvalue weighted by Gasteiger charge is -2.13. The summed E-state index contributed by atoms with van der Waals surface area (Å²) in [7, 11) is 5.93. The quantitative estimate of drug-likeness (QED) is 0.705. The molecule has 0 aliphatic carbocycles. The Morgan fingerprint density at radius 3 is 2.52 bits per heavy atom. The molecule has 0 fully saturated rings. The molecule has 6 heteroatoms. The van der Waals surface area contributed by atoms with E-state index in [1.807, 2.05) is 25.2 Å². The van der Waals surface area contributed by atoms with Gasteiger partial charge in [0.25, 0.3) is 0 Å². The van der Waals surface area contributed by atoms with Crippen molar-refractivity contribution in [3.63, 3.8) is 0 Å². The molecule has 0 atom stereocenters. The third-order valence-corrected chi connectivity index (χ3v) is 4.18. The lowest BCUT2D eigenvalue weighted by atomic mass is 9.98. The van der Waals surface area contributed by atoms with Gasteiger partial charge in [-0.05, 0) is 36.3 Å². The molecule has 1 aromatic heterocycles. The summed E-state index contributed by atoms with van der Waals surface area (Å²) in [5.41, 5.74) is 5.27. The Bertz CT molecular complexity index is 899. The number of aryl methyl sites for hydroxylation is 1. The number of carbonyl (C=O) groups excluding carboxylic acids is 1. The molecule has 140 valence electrons. The minimum Gasteiger partial charge on any atom is -0.334 e. The maximum absolute atomic E-state index is 12.1. The van der Waals surface area contributed by atoms with Crippen molar-refractivity contribution in [3.8, 4) is 11.1 Å². The van der Waals surface area contributed by atoms with Crippen molar-refractivity contribution < 1.29 is 4.79 Å². The summed E-state index contributed by atoms with van der Waals surface area (Å²) in [5.74, 6) is 0. The van der Waals surface area contributed by atoms with Crippen LogP contribution >= 0.6 is 0 Å². The summed E-state index contributed by atoms with van der Waals surface area (Å²) in [5, 5.41) is 9.73. The maximum atomic E-state index is 12.1. The Morgan fingerprint density at radius 2 is 1.85 bits per heavy atom. The van der Waals surface area contributed by atoms with Crippen LogP contribution in [0.5, 0.6) is 0 Å². The van der Waals surface area contributed by atoms with E-state index in [4.69, 9.17) is 0 Å². The standard InChI is InChI=1S/C21H25N5O/c1-25(2)14-16-8-10-17(11-9-16)20-7-5-4-6-18(20)12-22-21(27)24-19-13-23-26(3)15-19/h4-11,13,15H,12,14H2,1-3H3,(H2,22,24,27). The van der Waals surface area contributed by atoms with Crippen molar-refractivity contribution in [1.82, 2.24) is 20.0 Å². The molecule has 0 aliphatic heterocycles. The van der Waals surface area contributed by atoms with Crippen LogP contribution in [0.4, 0.5) is 10.5 Å². The smallest absolute Gasteiger partial charge is 0.319 e. The van der Waals surface area contributed by atoms with E-state index in [0.29, 0.717) is 12.2 Å². The van der Waals surface area contributed by atoms with Crippen molar-refractivity contribution in [1.29, 1.82) is 0 Å². The van der Waals surface area contributed by atoms with E-state index < -0.39 is 0 Å². The molecule has 0 bridgehead atoms. The van der Waals surface area contributed by atoms with E-state index in [1.165, 1.54) is 5.56 Å². The number of amides is 2. The SMILES string of the molecule is CN(C)Cc1ccc(-c2ccccc2CNC(=O)Nc2cnn(C)c2)cc1. The zero-order valence-corrected chi connectivity index (χ0v) is 15.9. The predicted molar refractivity (Wildman–Crippen MR) is 108 cm³/mol. The second-order valence-electron chi connectivity index (χ2n) is 6.80. The van der Waals surface area contributed by atoms with Crippen molar-refractivity contribution in [2.75, 3.05) is 19.4 Å². The van der Waals surface area contributed by atoms with E-state index in [-0.39, 0.29) is 6.03 Å². The van der Waals surface area contributed by atoms with Gasteiger partial charge in [0.05, 0.1) is 11.9 Å². The van der Waals surface area contributed by atoms with Gasteiger partial charge in [0.2, 0.25) is 0 Å². The van der Waals surface area contributed by atoms with Crippen LogP contribution in [0.2, 0.25) is 0 Å². The molecular formula is C21H25N5O. The number of hydrogen-bond donors (Lipinski definition) is 2. The summed E-state index contributed by atoms with van der Waals surface area (Å²) >= 11 is 0. The highest BCUT2D eigenvalue weighted by molar-refractivity contribution is 5.89. The zero-order valence-electron chi connectivity index (χ0n) is 15.9. The molecule has 2 aromatic carbocycles. The third-order valence-electron chi connectivity index (χ3n) is 4.18. The molecule has 1 heterocycles. The van der Waals surface area contributed by atoms with Gasteiger partial charge in [-0.2, -0.15) is 5.10 Å². The highest BCUT2D eigenvalue weighted by Crippen LogP contribution is 2.24. The molecule has 0 saturated heterocycles. The van der Waals surface area contributed by atoms with Crippen LogP contribution in [0.25, 0.3) is 11.1 Å². The highest BCUT2D eigenvalue weighted by Gasteiger charge is 2.08. The molecule has 0 radical (unpaired) electrons. The van der Waals surface area contributed by atoms with Gasteiger partial charge in [0.15, 0.2) is 0 Å². The summed E-state index contributed by atoms with van der Waals surface area (Å²) in [4.78, 5) is 14.3. The number of aromatic nitrogens is 2. The molecule has 0 saturated carbocycles. The average Bonchev–Trinajstić information content (AvgIpc) is 3.05. The monoisotopic (exact) mass is 363 g/mol. The molecule has 0 aliphatic rings. The number of carbonyl (C=O) groups is 1. The van der Waals surface area contributed by atoms with E-state index >= 15 is 0 Å². The van der Waals surface area contributed by atoms with Crippen LogP contribution in [0.15, 0.2) is 60.9 Å². The van der Waals surface area contributed by atoms with Gasteiger partial charge in [0, 0.05) is 26.3 Å². The van der Waals surface area contributed by atoms with Gasteiger partial charge >= 0.3 is 6.03 Å². The van der Waals surface area contributed by atoms with Gasteiger partial charge in [0.1, 0.15) is 0 Å². The fraction of sp³-hybridized carbons (Fsp3) is 0.238. The van der Waals surface area contributed by atoms with Crippen LogP contribution in [-0.2, 0) is 20.1 Å². The van der Waals surface area contributed by atoms with Crippen molar-refractivity contribution in [3.05, 3.63) is 72.1 Å². The molecule has 27 heavy (non-hydrogen) atoms. The van der Waals surface area contributed by atoms with Gasteiger partial charge < -0.3 is 15.5 Å². The fourth-order valence-corrected chi connectivity index (χ4v) is 2.95. The lowest BCUT2D eigenvalue weighted by Crippen LogP contribution is -2.28. The van der Waals surface area contributed by atoms with Crippen molar-refractivity contribution >= 4 is 11.7 Å². The Hall–Kier alpha value is -3.12. The van der Waals surface area contributed by atoms with Gasteiger partial charge in [-0.25, -0.2) is 4.79 Å². The molecule has 3 rings (SSSR count). The molecule has 2 amide bonds. The van der Waals surface area contributed by atoms with Crippen LogP contribution in [0.1, 0.15) is 11.1 Å². The van der Waals surface area contributed by atoms with Crippen LogP contribution in [-0.4, -0.2) is 34.8 Å². The number of anilines is 1. The normalized spacial score (nSPS) is 10.8. The third kappa shape index (κ3) is 5.18. The van der Waals surface area contributed by atoms with Crippen LogP contribution < -0.4 is 10.6 Å². The summed E-state index contributed by atoms with van der Waals surface area (Å²) in [6.07, 6.45) is 3.37. The van der Waals surface area contributed by atoms with Gasteiger partial charge in [-0.1, -0.05) is 48.5 Å². The summed E-state index contributed by atoms with van der Waals surface area (Å²) in [6.45, 7) is 1.36. The first-order valence-corrected chi connectivity index (χ1v) is 8.87. The highest BCUT2D eigenvalue weighted by atomic mass is 16.2. The number of nitrogens with zero attached hydrogens (tertiary/aromatic N) is 3. The maximum Gasteiger partial charge on any atom is 0.319 e. The van der Waals surface area contributed by atoms with Gasteiger partial charge in [-0.15, -0.1) is 0 Å². The van der Waals surface area contributed by atoms with Crippen LogP contribution in [0.3, 0.4) is 0 Å². The molecular weight excluding hydrogens is 338 g/mol. The van der Waals surface area contributed by atoms with Crippen LogP contribution in [0, 0.1) is 0 Å². The second kappa shape index (κ2) is 8.51. The Kier molecular flexibility index (Phi) is 5.88. The Labute approximate surface area is 159 Å². The molecule has 6 nitrogen and oxygen atoms in total. The number of hydrogen-bond acceptors (Lipinski definition) is 3. The van der Waals surface area contributed by atoms with E-state index in [0.717, 1.165) is 23.2 Å². The van der Waals surface area contributed by atoms with E-state index in [9.17, 15) is 4.79 Å². The summed E-state index contributed by atoms with van der Waals surface area (Å²) < 4.78 is 1.64. The minimum atomic E-state index is -0.251. The Balaban J connectivity index is 1.67. The summed E-state index contributed by atoms with van der Waals surface area (Å²) in [6, 6.07) is 16.4. The fourth-order valence-electron chi connectivity index (χ4n) is 2.95. The van der Waals surface area contributed by atoms with E-state index in [2.05, 4.69) is 65.1 Å². The van der Waals surface area contributed by atoms with Crippen molar-refractivity contribution in [2.45, 2.75) is 13.1 Å². The topological polar surface area (TPSA) is 62.2 Å². The minimum absolute atomic E-state index is 0.251. The number of urea groups is 1. The zero-order chi connectivity index (χ0) is 19.2. The second-order valence-corrected chi connectivity index (χ2v) is 6.80. The number of benzene rings is 2. The number of nitrogens with one attached hydrogen (secondary N) is 2. The molecule has 2 N–H and O–H groups in total. The lowest BCUT2D eigenvalue weighted by molar-refractivity contribution is 0.252. The van der Waals surface area contributed by atoms with E-state index in [1.54, 1.807) is 17.1 Å². The first kappa shape index (κ1) is 18.7. The first-order chi connectivity index (χ1) is 13.0. The number of rotatable bonds is 6. The van der Waals surface area contributed by atoms with Gasteiger partial charge in [-0.3, -0.25) is 4.68 Å². The Morgan fingerprint density at radius 1 is 1.11 bits per heavy atom. The molecule has 3 aromatic rings.